The molecule has 51 heavy (non-hydrogen) atoms. The molecule has 0 spiro atoms. The van der Waals surface area contributed by atoms with Crippen LogP contribution in [0, 0.1) is 0 Å². The minimum absolute atomic E-state index is 0.0309. The predicted octanol–water partition coefficient (Wildman–Crippen LogP) is -3.97. The van der Waals surface area contributed by atoms with E-state index in [9.17, 15) is 66.1 Å². The fourth-order valence-electron chi connectivity index (χ4n) is 6.25. The van der Waals surface area contributed by atoms with Gasteiger partial charge in [-0.15, -0.1) is 0 Å². The van der Waals surface area contributed by atoms with Gasteiger partial charge in [0.1, 0.15) is 107 Å². The van der Waals surface area contributed by atoms with E-state index in [4.69, 9.17) is 28.1 Å². The highest BCUT2D eigenvalue weighted by atomic mass is 16.7. The number of hydrogen-bond acceptors (Lipinski definition) is 19. The molecule has 6 rings (SSSR count). The molecule has 19 heteroatoms. The van der Waals surface area contributed by atoms with E-state index in [0.717, 1.165) is 12.1 Å². The lowest BCUT2D eigenvalue weighted by Crippen LogP contribution is -2.60. The number of rotatable bonds is 8. The Hall–Kier alpha value is -3.51. The van der Waals surface area contributed by atoms with Crippen molar-refractivity contribution < 1.29 is 89.4 Å². The Morgan fingerprint density at radius 1 is 0.725 bits per heavy atom. The van der Waals surface area contributed by atoms with Crippen LogP contribution in [0.3, 0.4) is 0 Å². The third kappa shape index (κ3) is 6.90. The van der Waals surface area contributed by atoms with Crippen molar-refractivity contribution in [2.75, 3.05) is 19.8 Å². The summed E-state index contributed by atoms with van der Waals surface area (Å²) in [5.41, 5.74) is -1.36. The molecule has 1 aromatic heterocycles. The maximum Gasteiger partial charge on any atom is 0.229 e. The lowest BCUT2D eigenvalue weighted by atomic mass is 9.89. The van der Waals surface area contributed by atoms with E-state index in [2.05, 4.69) is 0 Å². The Balaban J connectivity index is 1.52. The first-order valence-corrected chi connectivity index (χ1v) is 15.8. The molecule has 280 valence electrons. The van der Waals surface area contributed by atoms with E-state index in [1.165, 1.54) is 24.3 Å². The summed E-state index contributed by atoms with van der Waals surface area (Å²) in [6, 6.07) is 7.62. The Morgan fingerprint density at radius 3 is 2.02 bits per heavy atom. The summed E-state index contributed by atoms with van der Waals surface area (Å²) >= 11 is 0. The van der Waals surface area contributed by atoms with Crippen LogP contribution < -0.4 is 10.2 Å². The lowest BCUT2D eigenvalue weighted by molar-refractivity contribution is -0.325. The topological polar surface area (TPSA) is 319 Å². The van der Waals surface area contributed by atoms with Gasteiger partial charge in [-0.3, -0.25) is 4.79 Å². The zero-order valence-corrected chi connectivity index (χ0v) is 26.4. The molecule has 3 aliphatic rings. The van der Waals surface area contributed by atoms with Gasteiger partial charge in [0, 0.05) is 17.7 Å². The highest BCUT2D eigenvalue weighted by Gasteiger charge is 2.52. The molecule has 2 aromatic carbocycles. The Kier molecular flexibility index (Phi) is 10.8. The average molecular weight is 727 g/mol. The second-order valence-corrected chi connectivity index (χ2v) is 12.5. The number of aliphatic hydroxyl groups is 10. The molecule has 0 bridgehead atoms. The molecule has 0 radical (unpaired) electrons. The lowest BCUT2D eigenvalue weighted by Gasteiger charge is -2.45. The second kappa shape index (κ2) is 14.8. The highest BCUT2D eigenvalue weighted by molar-refractivity contribution is 5.88. The van der Waals surface area contributed by atoms with Gasteiger partial charge in [-0.05, 0) is 24.3 Å². The van der Waals surface area contributed by atoms with Crippen LogP contribution in [0.4, 0.5) is 0 Å². The zero-order chi connectivity index (χ0) is 36.9. The molecule has 0 saturated carbocycles. The third-order valence-electron chi connectivity index (χ3n) is 9.14. The SMILES string of the molecule is O=c1cc(-c2ccc(O)cc2)oc2cc(O[C@@H]3OC(CO)[C@@H](O)[C@H](O)C3O)c([C@@H]3OC(CO)[C@@H](O)[C@H](O)C3O[C@@H]3OC[C@H](O)[C@H](O)C3O)c(O)c12. The molecule has 3 aliphatic heterocycles. The van der Waals surface area contributed by atoms with Gasteiger partial charge in [0.25, 0.3) is 0 Å². The number of aromatic hydroxyl groups is 2. The summed E-state index contributed by atoms with van der Waals surface area (Å²) in [6.07, 6.45) is -25.1. The van der Waals surface area contributed by atoms with Crippen LogP contribution in [0.1, 0.15) is 11.7 Å². The van der Waals surface area contributed by atoms with Gasteiger partial charge < -0.3 is 89.4 Å². The van der Waals surface area contributed by atoms with Crippen molar-refractivity contribution in [2.45, 2.75) is 85.8 Å². The molecule has 4 heterocycles. The van der Waals surface area contributed by atoms with E-state index in [1.54, 1.807) is 0 Å². The molecule has 0 amide bonds. The minimum atomic E-state index is -2.00. The molecular formula is C32H38O19. The molecular weight excluding hydrogens is 688 g/mol. The van der Waals surface area contributed by atoms with Crippen molar-refractivity contribution in [3.05, 3.63) is 52.2 Å². The Labute approximate surface area is 286 Å². The fraction of sp³-hybridized carbons (Fsp3) is 0.531. The fourth-order valence-corrected chi connectivity index (χ4v) is 6.25. The molecule has 0 aliphatic carbocycles. The van der Waals surface area contributed by atoms with Crippen molar-refractivity contribution in [3.63, 3.8) is 0 Å². The first-order chi connectivity index (χ1) is 24.2. The minimum Gasteiger partial charge on any atom is -0.508 e. The van der Waals surface area contributed by atoms with Gasteiger partial charge in [-0.1, -0.05) is 0 Å². The molecule has 3 fully saturated rings. The standard InChI is InChI=1S/C32H38O19/c33-7-17-23(40)26(43)30(51-31-27(44)21(38)13(37)9-46-31)29(48-17)20-16(49-32-28(45)25(42)22(39)18(8-34)50-32)6-15-19(24(20)41)12(36)5-14(47-15)10-1-3-11(35)4-2-10/h1-6,13,17-18,21-23,25-35,37-45H,7-9H2/t13-,17?,18?,21-,22+,23+,25-,26-,27?,28?,29-,30?,31-,32+/m0/s1. The number of phenolic OH excluding ortho intramolecular Hbond substituents is 2. The first kappa shape index (κ1) is 37.3. The Bertz CT molecular complexity index is 1730. The normalized spacial score (nSPS) is 37.4. The van der Waals surface area contributed by atoms with Gasteiger partial charge in [-0.25, -0.2) is 0 Å². The monoisotopic (exact) mass is 726 g/mol. The molecule has 19 nitrogen and oxygen atoms in total. The van der Waals surface area contributed by atoms with Crippen molar-refractivity contribution in [3.8, 4) is 28.6 Å². The third-order valence-corrected chi connectivity index (χ3v) is 9.14. The quantitative estimate of drug-likeness (QED) is 0.105. The summed E-state index contributed by atoms with van der Waals surface area (Å²) in [4.78, 5) is 13.6. The smallest absolute Gasteiger partial charge is 0.229 e. The summed E-state index contributed by atoms with van der Waals surface area (Å²) in [5.74, 6) is -1.56. The molecule has 3 saturated heterocycles. The molecule has 14 atom stereocenters. The van der Waals surface area contributed by atoms with E-state index in [0.29, 0.717) is 5.56 Å². The van der Waals surface area contributed by atoms with Crippen LogP contribution in [-0.4, -0.2) is 161 Å². The van der Waals surface area contributed by atoms with Crippen molar-refractivity contribution in [1.29, 1.82) is 0 Å². The largest absolute Gasteiger partial charge is 0.508 e. The first-order valence-electron chi connectivity index (χ1n) is 15.8. The average Bonchev–Trinajstić information content (AvgIpc) is 3.11. The van der Waals surface area contributed by atoms with Crippen LogP contribution in [-0.2, 0) is 18.9 Å². The van der Waals surface area contributed by atoms with Crippen molar-refractivity contribution in [1.82, 2.24) is 0 Å². The van der Waals surface area contributed by atoms with Crippen molar-refractivity contribution >= 4 is 11.0 Å². The second-order valence-electron chi connectivity index (χ2n) is 12.5. The zero-order valence-electron chi connectivity index (χ0n) is 26.4. The molecule has 12 N–H and O–H groups in total. The number of phenols is 2. The van der Waals surface area contributed by atoms with Crippen LogP contribution in [0.15, 0.2) is 45.6 Å². The van der Waals surface area contributed by atoms with Gasteiger partial charge in [0.2, 0.25) is 6.29 Å². The summed E-state index contributed by atoms with van der Waals surface area (Å²) in [7, 11) is 0. The molecule has 3 aromatic rings. The summed E-state index contributed by atoms with van der Waals surface area (Å²) in [5, 5.41) is 125. The van der Waals surface area contributed by atoms with Crippen LogP contribution >= 0.6 is 0 Å². The maximum absolute atomic E-state index is 13.6. The number of aliphatic hydroxyl groups excluding tert-OH is 10. The maximum atomic E-state index is 13.6. The van der Waals surface area contributed by atoms with E-state index >= 15 is 0 Å². The highest BCUT2D eigenvalue weighted by Crippen LogP contribution is 2.47. The van der Waals surface area contributed by atoms with E-state index in [-0.39, 0.29) is 17.1 Å². The number of ether oxygens (including phenoxy) is 5. The van der Waals surface area contributed by atoms with Crippen LogP contribution in [0.2, 0.25) is 0 Å². The number of fused-ring (bicyclic) bond motifs is 1. The van der Waals surface area contributed by atoms with Gasteiger partial charge in [-0.2, -0.15) is 0 Å². The van der Waals surface area contributed by atoms with E-state index in [1.807, 2.05) is 0 Å². The van der Waals surface area contributed by atoms with E-state index < -0.39 is 134 Å². The number of hydrogen-bond donors (Lipinski definition) is 12. The van der Waals surface area contributed by atoms with Gasteiger partial charge >= 0.3 is 0 Å². The van der Waals surface area contributed by atoms with Crippen molar-refractivity contribution in [2.24, 2.45) is 0 Å². The summed E-state index contributed by atoms with van der Waals surface area (Å²) < 4.78 is 34.3. The predicted molar refractivity (Wildman–Crippen MR) is 165 cm³/mol. The van der Waals surface area contributed by atoms with Gasteiger partial charge in [0.15, 0.2) is 11.7 Å². The number of benzene rings is 2. The summed E-state index contributed by atoms with van der Waals surface area (Å²) in [6.45, 7) is -2.26. The Morgan fingerprint density at radius 2 is 1.35 bits per heavy atom. The van der Waals surface area contributed by atoms with Crippen LogP contribution in [0.5, 0.6) is 17.2 Å². The van der Waals surface area contributed by atoms with Crippen LogP contribution in [0.25, 0.3) is 22.3 Å². The van der Waals surface area contributed by atoms with Gasteiger partial charge in [0.05, 0.1) is 25.4 Å². The molecule has 5 unspecified atom stereocenters.